The average molecular weight is 398 g/mol. The fourth-order valence-corrected chi connectivity index (χ4v) is 3.42. The number of anilines is 2. The van der Waals surface area contributed by atoms with Crippen molar-refractivity contribution >= 4 is 21.8 Å². The number of nitrogens with two attached hydrogens (primary N) is 2. The van der Waals surface area contributed by atoms with E-state index in [0.717, 1.165) is 22.4 Å². The van der Waals surface area contributed by atoms with E-state index >= 15 is 0 Å². The molecular weight excluding hydrogens is 374 g/mol. The maximum Gasteiger partial charge on any atom is 0.238 e. The molecule has 8 heteroatoms. The first kappa shape index (κ1) is 19.8. The van der Waals surface area contributed by atoms with Crippen molar-refractivity contribution in [3.05, 3.63) is 65.2 Å². The summed E-state index contributed by atoms with van der Waals surface area (Å²) in [6.45, 7) is 4.72. The van der Waals surface area contributed by atoms with E-state index < -0.39 is 10.0 Å². The summed E-state index contributed by atoms with van der Waals surface area (Å²) in [7, 11) is -3.67. The maximum absolute atomic E-state index is 11.3. The Kier molecular flexibility index (Phi) is 5.62. The van der Waals surface area contributed by atoms with Crippen molar-refractivity contribution < 1.29 is 8.42 Å². The van der Waals surface area contributed by atoms with Gasteiger partial charge in [-0.2, -0.15) is 4.98 Å². The third-order valence-electron chi connectivity index (χ3n) is 4.60. The number of nitrogens with one attached hydrogen (secondary N) is 1. The van der Waals surface area contributed by atoms with Gasteiger partial charge in [0.2, 0.25) is 16.0 Å². The van der Waals surface area contributed by atoms with Crippen LogP contribution in [0.15, 0.2) is 53.4 Å². The van der Waals surface area contributed by atoms with Crippen LogP contribution in [0.1, 0.15) is 16.7 Å². The Labute approximate surface area is 164 Å². The molecule has 5 N–H and O–H groups in total. The molecule has 0 unspecified atom stereocenters. The van der Waals surface area contributed by atoms with E-state index in [9.17, 15) is 8.42 Å². The molecule has 0 saturated carbocycles. The molecule has 0 atom stereocenters. The summed E-state index contributed by atoms with van der Waals surface area (Å²) in [6.07, 6.45) is 0.688. The smallest absolute Gasteiger partial charge is 0.238 e. The number of primary sulfonamides is 1. The Morgan fingerprint density at radius 1 is 1.04 bits per heavy atom. The molecule has 7 nitrogen and oxygen atoms in total. The summed E-state index contributed by atoms with van der Waals surface area (Å²) in [6, 6.07) is 14.5. The van der Waals surface area contributed by atoms with E-state index in [1.807, 2.05) is 18.2 Å². The van der Waals surface area contributed by atoms with Crippen molar-refractivity contribution in [2.24, 2.45) is 5.14 Å². The fraction of sp³-hybridized carbons (Fsp3) is 0.200. The largest absolute Gasteiger partial charge is 0.370 e. The molecule has 146 valence electrons. The lowest BCUT2D eigenvalue weighted by Gasteiger charge is -2.11. The minimum Gasteiger partial charge on any atom is -0.370 e. The second-order valence-electron chi connectivity index (χ2n) is 6.61. The van der Waals surface area contributed by atoms with Crippen LogP contribution in [0, 0.1) is 13.8 Å². The van der Waals surface area contributed by atoms with Gasteiger partial charge >= 0.3 is 0 Å². The van der Waals surface area contributed by atoms with Crippen LogP contribution < -0.4 is 16.2 Å². The lowest BCUT2D eigenvalue weighted by molar-refractivity contribution is 0.598. The summed E-state index contributed by atoms with van der Waals surface area (Å²) in [5.74, 6) is 0.850. The zero-order valence-electron chi connectivity index (χ0n) is 15.8. The van der Waals surface area contributed by atoms with Crippen LogP contribution in [0.5, 0.6) is 0 Å². The Bertz CT molecular complexity index is 1100. The molecule has 0 saturated heterocycles. The number of benzene rings is 2. The molecule has 0 bridgehead atoms. The number of aromatic nitrogens is 2. The Morgan fingerprint density at radius 2 is 1.75 bits per heavy atom. The SMILES string of the molecule is Cc1cccc(-c2cc(NCCc3ccc(S(N)(=O)=O)cc3)nc(N)n2)c1C. The van der Waals surface area contributed by atoms with Gasteiger partial charge in [-0.3, -0.25) is 0 Å². The Morgan fingerprint density at radius 3 is 2.43 bits per heavy atom. The number of aryl methyl sites for hydroxylation is 1. The highest BCUT2D eigenvalue weighted by Gasteiger charge is 2.09. The number of nitrogens with zero attached hydrogens (tertiary/aromatic N) is 2. The van der Waals surface area contributed by atoms with Gasteiger partial charge in [-0.25, -0.2) is 18.5 Å². The summed E-state index contributed by atoms with van der Waals surface area (Å²) in [5, 5.41) is 8.36. The number of hydrogen-bond acceptors (Lipinski definition) is 6. The predicted octanol–water partition coefficient (Wildman–Crippen LogP) is 2.64. The molecule has 1 aromatic heterocycles. The van der Waals surface area contributed by atoms with Gasteiger partial charge in [-0.1, -0.05) is 30.3 Å². The molecule has 28 heavy (non-hydrogen) atoms. The molecule has 3 rings (SSSR count). The van der Waals surface area contributed by atoms with Crippen LogP contribution in [-0.4, -0.2) is 24.9 Å². The Balaban J connectivity index is 1.71. The minimum absolute atomic E-state index is 0.103. The number of sulfonamides is 1. The third-order valence-corrected chi connectivity index (χ3v) is 5.52. The van der Waals surface area contributed by atoms with Crippen LogP contribution in [0.3, 0.4) is 0 Å². The summed E-state index contributed by atoms with van der Waals surface area (Å²) >= 11 is 0. The van der Waals surface area contributed by atoms with Gasteiger partial charge in [0.25, 0.3) is 0 Å². The van der Waals surface area contributed by atoms with Crippen molar-refractivity contribution in [2.45, 2.75) is 25.2 Å². The van der Waals surface area contributed by atoms with Crippen molar-refractivity contribution in [3.63, 3.8) is 0 Å². The topological polar surface area (TPSA) is 124 Å². The molecule has 3 aromatic rings. The predicted molar refractivity (Wildman–Crippen MR) is 111 cm³/mol. The molecule has 0 spiro atoms. The first-order chi connectivity index (χ1) is 13.2. The average Bonchev–Trinajstić information content (AvgIpc) is 2.63. The maximum atomic E-state index is 11.3. The lowest BCUT2D eigenvalue weighted by atomic mass is 10.0. The van der Waals surface area contributed by atoms with E-state index in [1.165, 1.54) is 17.7 Å². The van der Waals surface area contributed by atoms with Gasteiger partial charge in [0, 0.05) is 18.2 Å². The zero-order valence-corrected chi connectivity index (χ0v) is 16.6. The van der Waals surface area contributed by atoms with Gasteiger partial charge in [-0.05, 0) is 49.1 Å². The van der Waals surface area contributed by atoms with Gasteiger partial charge in [0.1, 0.15) is 5.82 Å². The monoisotopic (exact) mass is 397 g/mol. The molecule has 0 aliphatic carbocycles. The van der Waals surface area contributed by atoms with E-state index in [2.05, 4.69) is 35.2 Å². The van der Waals surface area contributed by atoms with E-state index in [1.54, 1.807) is 12.1 Å². The number of hydrogen-bond donors (Lipinski definition) is 3. The van der Waals surface area contributed by atoms with Crippen LogP contribution >= 0.6 is 0 Å². The molecule has 0 fully saturated rings. The lowest BCUT2D eigenvalue weighted by Crippen LogP contribution is -2.12. The molecule has 2 aromatic carbocycles. The van der Waals surface area contributed by atoms with Crippen LogP contribution in [0.4, 0.5) is 11.8 Å². The number of rotatable bonds is 6. The molecule has 0 radical (unpaired) electrons. The zero-order chi connectivity index (χ0) is 20.3. The van der Waals surface area contributed by atoms with Crippen LogP contribution in [0.25, 0.3) is 11.3 Å². The third kappa shape index (κ3) is 4.65. The minimum atomic E-state index is -3.67. The van der Waals surface area contributed by atoms with E-state index in [4.69, 9.17) is 10.9 Å². The second kappa shape index (κ2) is 7.95. The van der Waals surface area contributed by atoms with Gasteiger partial charge in [0.15, 0.2) is 0 Å². The first-order valence-electron chi connectivity index (χ1n) is 8.81. The highest BCUT2D eigenvalue weighted by Crippen LogP contribution is 2.26. The molecular formula is C20H23N5O2S. The van der Waals surface area contributed by atoms with Crippen LogP contribution in [-0.2, 0) is 16.4 Å². The Hall–Kier alpha value is -2.97. The first-order valence-corrected chi connectivity index (χ1v) is 10.4. The molecule has 0 aliphatic heterocycles. The standard InChI is InChI=1S/C20H23N5O2S/c1-13-4-3-5-17(14(13)2)18-12-19(25-20(21)24-18)23-11-10-15-6-8-16(9-7-15)28(22,26)27/h3-9,12H,10-11H2,1-2H3,(H2,22,26,27)(H3,21,23,24,25). The summed E-state index contributed by atoms with van der Waals surface area (Å²) in [4.78, 5) is 8.71. The van der Waals surface area contributed by atoms with Crippen molar-refractivity contribution in [3.8, 4) is 11.3 Å². The highest BCUT2D eigenvalue weighted by atomic mass is 32.2. The van der Waals surface area contributed by atoms with E-state index in [-0.39, 0.29) is 10.8 Å². The highest BCUT2D eigenvalue weighted by molar-refractivity contribution is 7.89. The van der Waals surface area contributed by atoms with E-state index in [0.29, 0.717) is 18.8 Å². The molecule has 0 amide bonds. The van der Waals surface area contributed by atoms with Crippen LogP contribution in [0.2, 0.25) is 0 Å². The van der Waals surface area contributed by atoms with Gasteiger partial charge in [-0.15, -0.1) is 0 Å². The van der Waals surface area contributed by atoms with Gasteiger partial charge in [0.05, 0.1) is 10.6 Å². The summed E-state index contributed by atoms with van der Waals surface area (Å²) in [5.41, 5.74) is 11.0. The quantitative estimate of drug-likeness (QED) is 0.587. The fourth-order valence-electron chi connectivity index (χ4n) is 2.90. The van der Waals surface area contributed by atoms with Gasteiger partial charge < -0.3 is 11.1 Å². The number of nitrogen functional groups attached to an aromatic ring is 1. The second-order valence-corrected chi connectivity index (χ2v) is 8.17. The summed E-state index contributed by atoms with van der Waals surface area (Å²) < 4.78 is 22.6. The van der Waals surface area contributed by atoms with Crippen molar-refractivity contribution in [2.75, 3.05) is 17.6 Å². The normalized spacial score (nSPS) is 11.4. The van der Waals surface area contributed by atoms with Crippen molar-refractivity contribution in [1.82, 2.24) is 9.97 Å². The van der Waals surface area contributed by atoms with Crippen molar-refractivity contribution in [1.29, 1.82) is 0 Å². The molecule has 1 heterocycles. The molecule has 0 aliphatic rings.